The van der Waals surface area contributed by atoms with Crippen LogP contribution in [0.1, 0.15) is 44.6 Å². The van der Waals surface area contributed by atoms with Crippen molar-refractivity contribution in [3.63, 3.8) is 0 Å². The zero-order chi connectivity index (χ0) is 29.8. The Morgan fingerprint density at radius 1 is 1.02 bits per heavy atom. The third-order valence-corrected chi connectivity index (χ3v) is 7.04. The van der Waals surface area contributed by atoms with Crippen LogP contribution in [-0.4, -0.2) is 93.8 Å². The van der Waals surface area contributed by atoms with E-state index in [1.807, 2.05) is 0 Å². The molecule has 0 aromatic heterocycles. The summed E-state index contributed by atoms with van der Waals surface area (Å²) in [7, 11) is 0. The molecule has 5 atom stereocenters. The zero-order valence-electron chi connectivity index (χ0n) is 22.5. The number of hydrogen-bond acceptors (Lipinski definition) is 9. The summed E-state index contributed by atoms with van der Waals surface area (Å²) in [6.07, 6.45) is 2.47. The Labute approximate surface area is 238 Å². The summed E-state index contributed by atoms with van der Waals surface area (Å²) in [5.74, 6) is -3.47. The van der Waals surface area contributed by atoms with Crippen molar-refractivity contribution < 1.29 is 34.2 Å². The van der Waals surface area contributed by atoms with E-state index in [1.165, 1.54) is 24.0 Å². The predicted molar refractivity (Wildman–Crippen MR) is 150 cm³/mol. The van der Waals surface area contributed by atoms with Gasteiger partial charge in [-0.1, -0.05) is 12.1 Å². The van der Waals surface area contributed by atoms with Gasteiger partial charge in [0.2, 0.25) is 23.6 Å². The van der Waals surface area contributed by atoms with Gasteiger partial charge in [-0.05, 0) is 69.7 Å². The van der Waals surface area contributed by atoms with Gasteiger partial charge >= 0.3 is 5.97 Å². The number of nitrogens with one attached hydrogen (secondary N) is 3. The predicted octanol–water partition coefficient (Wildman–Crippen LogP) is -1.13. The number of aromatic hydroxyl groups is 1. The lowest BCUT2D eigenvalue weighted by molar-refractivity contribution is -0.149. The molecule has 13 nitrogen and oxygen atoms in total. The van der Waals surface area contributed by atoms with Crippen molar-refractivity contribution in [1.29, 1.82) is 0 Å². The lowest BCUT2D eigenvalue weighted by atomic mass is 10.0. The molecule has 0 bridgehead atoms. The first-order valence-corrected chi connectivity index (χ1v) is 13.9. The molecule has 1 aliphatic heterocycles. The second kappa shape index (κ2) is 16.0. The van der Waals surface area contributed by atoms with E-state index in [-0.39, 0.29) is 30.9 Å². The monoisotopic (exact) mass is 580 g/mol. The summed E-state index contributed by atoms with van der Waals surface area (Å²) in [5, 5.41) is 26.5. The Kier molecular flexibility index (Phi) is 13.2. The molecule has 0 spiro atoms. The molecule has 2 rings (SSSR count). The number of carboxylic acid groups (broad SMARTS) is 1. The topological polar surface area (TPSA) is 217 Å². The molecule has 4 amide bonds. The van der Waals surface area contributed by atoms with Crippen molar-refractivity contribution in [3.8, 4) is 5.75 Å². The van der Waals surface area contributed by atoms with E-state index < -0.39 is 59.8 Å². The Morgan fingerprint density at radius 3 is 2.27 bits per heavy atom. The van der Waals surface area contributed by atoms with E-state index >= 15 is 0 Å². The third-order valence-electron chi connectivity index (χ3n) is 6.68. The largest absolute Gasteiger partial charge is 0.508 e. The van der Waals surface area contributed by atoms with E-state index in [0.717, 1.165) is 5.56 Å². The maximum atomic E-state index is 13.1. The summed E-state index contributed by atoms with van der Waals surface area (Å²) >= 11 is 4.14. The number of aliphatic carboxylic acids is 1. The summed E-state index contributed by atoms with van der Waals surface area (Å²) < 4.78 is 0. The minimum absolute atomic E-state index is 0.0647. The molecule has 0 unspecified atom stereocenters. The molecular formula is C26H40N6O7S. The molecule has 1 heterocycles. The molecular weight excluding hydrogens is 540 g/mol. The average Bonchev–Trinajstić information content (AvgIpc) is 3.42. The lowest BCUT2D eigenvalue weighted by Gasteiger charge is -2.27. The highest BCUT2D eigenvalue weighted by atomic mass is 32.1. The number of likely N-dealkylation sites (tertiary alicyclic amines) is 1. The first kappa shape index (κ1) is 32.8. The van der Waals surface area contributed by atoms with Crippen LogP contribution in [0.4, 0.5) is 0 Å². The average molecular weight is 581 g/mol. The minimum Gasteiger partial charge on any atom is -0.508 e. The molecule has 40 heavy (non-hydrogen) atoms. The highest BCUT2D eigenvalue weighted by Gasteiger charge is 2.37. The molecule has 14 heteroatoms. The fourth-order valence-electron chi connectivity index (χ4n) is 4.37. The maximum absolute atomic E-state index is 13.1. The van der Waals surface area contributed by atoms with Crippen LogP contribution in [-0.2, 0) is 30.4 Å². The van der Waals surface area contributed by atoms with Crippen LogP contribution in [0.25, 0.3) is 0 Å². The number of nitrogens with two attached hydrogens (primary N) is 2. The second-order valence-electron chi connectivity index (χ2n) is 9.82. The molecule has 0 saturated carbocycles. The van der Waals surface area contributed by atoms with Crippen LogP contribution in [0.15, 0.2) is 24.3 Å². The summed E-state index contributed by atoms with van der Waals surface area (Å²) in [4.78, 5) is 64.2. The van der Waals surface area contributed by atoms with Gasteiger partial charge in [-0.3, -0.25) is 19.2 Å². The number of phenols is 1. The van der Waals surface area contributed by atoms with Crippen molar-refractivity contribution >= 4 is 42.2 Å². The molecule has 1 fully saturated rings. The van der Waals surface area contributed by atoms with Gasteiger partial charge < -0.3 is 42.5 Å². The molecule has 1 aromatic rings. The quantitative estimate of drug-likeness (QED) is 0.0928. The smallest absolute Gasteiger partial charge is 0.326 e. The van der Waals surface area contributed by atoms with Crippen molar-refractivity contribution in [3.05, 3.63) is 29.8 Å². The van der Waals surface area contributed by atoms with Crippen LogP contribution < -0.4 is 27.4 Å². The van der Waals surface area contributed by atoms with Gasteiger partial charge in [-0.25, -0.2) is 4.79 Å². The van der Waals surface area contributed by atoms with Crippen molar-refractivity contribution in [2.24, 2.45) is 11.5 Å². The highest BCUT2D eigenvalue weighted by Crippen LogP contribution is 2.19. The van der Waals surface area contributed by atoms with Crippen LogP contribution >= 0.6 is 12.6 Å². The Hall–Kier alpha value is -3.36. The number of benzene rings is 1. The number of unbranched alkanes of at least 4 members (excludes halogenated alkanes) is 1. The summed E-state index contributed by atoms with van der Waals surface area (Å²) in [6.45, 7) is 2.10. The van der Waals surface area contributed by atoms with Crippen molar-refractivity contribution in [1.82, 2.24) is 20.9 Å². The van der Waals surface area contributed by atoms with Crippen molar-refractivity contribution in [2.75, 3.05) is 18.8 Å². The number of carboxylic acids is 1. The molecule has 1 saturated heterocycles. The SMILES string of the molecule is C[C@H](NC(=O)[C@H](CCCCN)NC(=O)[C@@H](N)Cc1ccc(O)cc1)C(=O)N[C@@H](CS)C(=O)N1CCC[C@H]1C(=O)O. The van der Waals surface area contributed by atoms with Gasteiger partial charge in [-0.2, -0.15) is 12.6 Å². The van der Waals surface area contributed by atoms with Crippen LogP contribution in [0, 0.1) is 0 Å². The normalized spacial score (nSPS) is 17.8. The fourth-order valence-corrected chi connectivity index (χ4v) is 4.62. The Bertz CT molecular complexity index is 1040. The maximum Gasteiger partial charge on any atom is 0.326 e. The van der Waals surface area contributed by atoms with Crippen LogP contribution in [0.3, 0.4) is 0 Å². The second-order valence-corrected chi connectivity index (χ2v) is 10.2. The molecule has 222 valence electrons. The number of nitrogens with zero attached hydrogens (tertiary/aromatic N) is 1. The van der Waals surface area contributed by atoms with Gasteiger partial charge in [0.05, 0.1) is 6.04 Å². The number of hydrogen-bond donors (Lipinski definition) is 8. The number of rotatable bonds is 15. The third kappa shape index (κ3) is 9.68. The van der Waals surface area contributed by atoms with E-state index in [0.29, 0.717) is 32.2 Å². The molecule has 9 N–H and O–H groups in total. The van der Waals surface area contributed by atoms with E-state index in [1.54, 1.807) is 12.1 Å². The van der Waals surface area contributed by atoms with Crippen molar-refractivity contribution in [2.45, 2.75) is 75.7 Å². The Balaban J connectivity index is 1.99. The van der Waals surface area contributed by atoms with E-state index in [4.69, 9.17) is 11.5 Å². The molecule has 1 aromatic carbocycles. The van der Waals surface area contributed by atoms with Crippen LogP contribution in [0.2, 0.25) is 0 Å². The number of phenolic OH excluding ortho intramolecular Hbond substituents is 1. The zero-order valence-corrected chi connectivity index (χ0v) is 23.4. The lowest BCUT2D eigenvalue weighted by Crippen LogP contribution is -2.58. The molecule has 0 aliphatic carbocycles. The first-order chi connectivity index (χ1) is 19.0. The number of amides is 4. The van der Waals surface area contributed by atoms with Crippen LogP contribution in [0.5, 0.6) is 5.75 Å². The molecule has 1 aliphatic rings. The highest BCUT2D eigenvalue weighted by molar-refractivity contribution is 7.80. The van der Waals surface area contributed by atoms with Gasteiger partial charge in [0.15, 0.2) is 0 Å². The number of thiol groups is 1. The van der Waals surface area contributed by atoms with E-state index in [2.05, 4.69) is 28.6 Å². The summed E-state index contributed by atoms with van der Waals surface area (Å²) in [6, 6.07) is 1.20. The number of carbonyl (C=O) groups is 5. The Morgan fingerprint density at radius 2 is 1.68 bits per heavy atom. The fraction of sp³-hybridized carbons (Fsp3) is 0.577. The first-order valence-electron chi connectivity index (χ1n) is 13.3. The standard InChI is InChI=1S/C26H40N6O7S/c1-15(22(34)31-20(14-40)25(37)32-12-4-6-21(32)26(38)39)29-24(36)19(5-2-3-11-27)30-23(35)18(28)13-16-7-9-17(33)10-8-16/h7-10,15,18-21,33,40H,2-6,11-14,27-28H2,1H3,(H,29,36)(H,30,35)(H,31,34)(H,38,39)/t15-,18-,19-,20-,21-/m0/s1. The molecule has 0 radical (unpaired) electrons. The van der Waals surface area contributed by atoms with Gasteiger partial charge in [0.1, 0.15) is 29.9 Å². The van der Waals surface area contributed by atoms with Gasteiger partial charge in [0.25, 0.3) is 0 Å². The van der Waals surface area contributed by atoms with Gasteiger partial charge in [0, 0.05) is 12.3 Å². The minimum atomic E-state index is -1.11. The van der Waals surface area contributed by atoms with Gasteiger partial charge in [-0.15, -0.1) is 0 Å². The summed E-state index contributed by atoms with van der Waals surface area (Å²) in [5.41, 5.74) is 12.3. The van der Waals surface area contributed by atoms with E-state index in [9.17, 15) is 34.2 Å². The number of carbonyl (C=O) groups excluding carboxylic acids is 4.